The first-order valence-corrected chi connectivity index (χ1v) is 4.93. The molecule has 1 aliphatic heterocycles. The number of anilines is 1. The number of hydrogen-bond acceptors (Lipinski definition) is 4. The van der Waals surface area contributed by atoms with Crippen LogP contribution in [0.5, 0.6) is 0 Å². The van der Waals surface area contributed by atoms with E-state index in [1.165, 1.54) is 6.20 Å². The van der Waals surface area contributed by atoms with Crippen LogP contribution in [0.1, 0.15) is 16.8 Å². The highest BCUT2D eigenvalue weighted by molar-refractivity contribution is 5.94. The van der Waals surface area contributed by atoms with Crippen LogP contribution < -0.4 is 11.5 Å². The van der Waals surface area contributed by atoms with Crippen LogP contribution in [0.3, 0.4) is 0 Å². The molecule has 5 nitrogen and oxygen atoms in total. The largest absolute Gasteiger partial charge is 0.384 e. The maximum Gasteiger partial charge on any atom is 0.255 e. The fraction of sp³-hybridized carbons (Fsp3) is 0.400. The highest BCUT2D eigenvalue weighted by Crippen LogP contribution is 2.12. The smallest absolute Gasteiger partial charge is 0.255 e. The number of nitrogens with zero attached hydrogens (tertiary/aromatic N) is 2. The van der Waals surface area contributed by atoms with E-state index in [9.17, 15) is 4.79 Å². The molecule has 5 heteroatoms. The molecular formula is C10H14N4O. The summed E-state index contributed by atoms with van der Waals surface area (Å²) in [5.41, 5.74) is 11.7. The number of amides is 1. The average Bonchev–Trinajstić information content (AvgIpc) is 2.65. The van der Waals surface area contributed by atoms with Crippen LogP contribution in [0.2, 0.25) is 0 Å². The van der Waals surface area contributed by atoms with Gasteiger partial charge >= 0.3 is 0 Å². The maximum absolute atomic E-state index is 11.9. The van der Waals surface area contributed by atoms with E-state index in [0.29, 0.717) is 17.9 Å². The third-order valence-electron chi connectivity index (χ3n) is 2.55. The van der Waals surface area contributed by atoms with E-state index >= 15 is 0 Å². The Hall–Kier alpha value is -1.62. The van der Waals surface area contributed by atoms with Crippen molar-refractivity contribution < 1.29 is 4.79 Å². The zero-order valence-corrected chi connectivity index (χ0v) is 8.39. The normalized spacial score (nSPS) is 20.6. The molecule has 0 spiro atoms. The van der Waals surface area contributed by atoms with Crippen molar-refractivity contribution in [1.82, 2.24) is 9.88 Å². The van der Waals surface area contributed by atoms with Gasteiger partial charge in [-0.25, -0.2) is 4.98 Å². The number of carbonyl (C=O) groups is 1. The van der Waals surface area contributed by atoms with E-state index in [1.807, 2.05) is 0 Å². The van der Waals surface area contributed by atoms with Crippen molar-refractivity contribution in [2.24, 2.45) is 5.73 Å². The number of hydrogen-bond donors (Lipinski definition) is 2. The Labute approximate surface area is 88.1 Å². The summed E-state index contributed by atoms with van der Waals surface area (Å²) < 4.78 is 0. The summed E-state index contributed by atoms with van der Waals surface area (Å²) in [5, 5.41) is 0. The van der Waals surface area contributed by atoms with Crippen LogP contribution >= 0.6 is 0 Å². The second kappa shape index (κ2) is 3.86. The summed E-state index contributed by atoms with van der Waals surface area (Å²) >= 11 is 0. The van der Waals surface area contributed by atoms with Crippen LogP contribution in [-0.2, 0) is 0 Å². The molecule has 4 N–H and O–H groups in total. The molecule has 15 heavy (non-hydrogen) atoms. The van der Waals surface area contributed by atoms with Crippen LogP contribution in [0.4, 0.5) is 5.82 Å². The Balaban J connectivity index is 2.11. The minimum absolute atomic E-state index is 0.0181. The van der Waals surface area contributed by atoms with Gasteiger partial charge in [0.1, 0.15) is 5.82 Å². The Bertz CT molecular complexity index is 362. The molecular weight excluding hydrogens is 192 g/mol. The Morgan fingerprint density at radius 2 is 2.33 bits per heavy atom. The molecule has 0 aliphatic carbocycles. The van der Waals surface area contributed by atoms with Gasteiger partial charge in [-0.2, -0.15) is 0 Å². The lowest BCUT2D eigenvalue weighted by Gasteiger charge is -2.15. The van der Waals surface area contributed by atoms with Crippen molar-refractivity contribution in [2.75, 3.05) is 18.8 Å². The molecule has 0 radical (unpaired) electrons. The summed E-state index contributed by atoms with van der Waals surface area (Å²) in [6.45, 7) is 1.35. The summed E-state index contributed by atoms with van der Waals surface area (Å²) in [5.74, 6) is 0.403. The number of aromatic nitrogens is 1. The number of nitrogens with two attached hydrogens (primary N) is 2. The minimum Gasteiger partial charge on any atom is -0.384 e. The van der Waals surface area contributed by atoms with Gasteiger partial charge in [-0.05, 0) is 18.6 Å². The first kappa shape index (κ1) is 9.92. The van der Waals surface area contributed by atoms with Crippen molar-refractivity contribution >= 4 is 11.7 Å². The first-order valence-electron chi connectivity index (χ1n) is 4.93. The molecule has 2 heterocycles. The SMILES string of the molecule is Nc1ccc(C(=O)N2CCC(N)C2)cn1. The van der Waals surface area contributed by atoms with E-state index in [0.717, 1.165) is 13.0 Å². The van der Waals surface area contributed by atoms with Gasteiger partial charge in [0.2, 0.25) is 0 Å². The zero-order valence-electron chi connectivity index (χ0n) is 8.39. The Morgan fingerprint density at radius 3 is 2.87 bits per heavy atom. The summed E-state index contributed by atoms with van der Waals surface area (Å²) in [7, 11) is 0. The molecule has 1 unspecified atom stereocenters. The zero-order chi connectivity index (χ0) is 10.8. The third kappa shape index (κ3) is 2.07. The van der Waals surface area contributed by atoms with Crippen molar-refractivity contribution in [2.45, 2.75) is 12.5 Å². The van der Waals surface area contributed by atoms with Crippen LogP contribution in [0, 0.1) is 0 Å². The second-order valence-electron chi connectivity index (χ2n) is 3.77. The number of carbonyl (C=O) groups excluding carboxylic acids is 1. The average molecular weight is 206 g/mol. The fourth-order valence-corrected chi connectivity index (χ4v) is 1.69. The Kier molecular flexibility index (Phi) is 2.55. The molecule has 1 amide bonds. The first-order chi connectivity index (χ1) is 7.16. The van der Waals surface area contributed by atoms with Gasteiger partial charge in [0.25, 0.3) is 5.91 Å². The molecule has 1 atom stereocenters. The van der Waals surface area contributed by atoms with Crippen LogP contribution in [0.15, 0.2) is 18.3 Å². The minimum atomic E-state index is -0.0181. The summed E-state index contributed by atoms with van der Waals surface area (Å²) in [4.78, 5) is 17.5. The fourth-order valence-electron chi connectivity index (χ4n) is 1.69. The molecule has 2 rings (SSSR count). The lowest BCUT2D eigenvalue weighted by Crippen LogP contribution is -2.31. The van der Waals surface area contributed by atoms with E-state index in [4.69, 9.17) is 11.5 Å². The van der Waals surface area contributed by atoms with Gasteiger partial charge in [-0.1, -0.05) is 0 Å². The molecule has 0 aromatic carbocycles. The van der Waals surface area contributed by atoms with E-state index in [1.54, 1.807) is 17.0 Å². The lowest BCUT2D eigenvalue weighted by atomic mass is 10.2. The van der Waals surface area contributed by atoms with Gasteiger partial charge in [-0.15, -0.1) is 0 Å². The highest BCUT2D eigenvalue weighted by Gasteiger charge is 2.24. The molecule has 0 bridgehead atoms. The third-order valence-corrected chi connectivity index (χ3v) is 2.55. The quantitative estimate of drug-likeness (QED) is 0.668. The van der Waals surface area contributed by atoms with Crippen molar-refractivity contribution in [3.63, 3.8) is 0 Å². The monoisotopic (exact) mass is 206 g/mol. The molecule has 80 valence electrons. The molecule has 1 aromatic heterocycles. The topological polar surface area (TPSA) is 85.2 Å². The number of rotatable bonds is 1. The number of nitrogen functional groups attached to an aromatic ring is 1. The van der Waals surface area contributed by atoms with Crippen LogP contribution in [-0.4, -0.2) is 34.9 Å². The Morgan fingerprint density at radius 1 is 1.53 bits per heavy atom. The molecule has 1 fully saturated rings. The van der Waals surface area contributed by atoms with E-state index in [2.05, 4.69) is 4.98 Å². The molecule has 1 aliphatic rings. The molecule has 0 saturated carbocycles. The van der Waals surface area contributed by atoms with E-state index in [-0.39, 0.29) is 11.9 Å². The summed E-state index contributed by atoms with van der Waals surface area (Å²) in [6, 6.07) is 3.42. The number of likely N-dealkylation sites (tertiary alicyclic amines) is 1. The standard InChI is InChI=1S/C10H14N4O/c11-8-3-4-14(6-8)10(15)7-1-2-9(12)13-5-7/h1-2,5,8H,3-4,6,11H2,(H2,12,13). The van der Waals surface area contributed by atoms with Crippen molar-refractivity contribution in [1.29, 1.82) is 0 Å². The van der Waals surface area contributed by atoms with Crippen molar-refractivity contribution in [3.8, 4) is 0 Å². The molecule has 1 saturated heterocycles. The van der Waals surface area contributed by atoms with Gasteiger partial charge in [0.15, 0.2) is 0 Å². The number of pyridine rings is 1. The van der Waals surface area contributed by atoms with Crippen LogP contribution in [0.25, 0.3) is 0 Å². The lowest BCUT2D eigenvalue weighted by molar-refractivity contribution is 0.0790. The van der Waals surface area contributed by atoms with Gasteiger partial charge in [0.05, 0.1) is 5.56 Å². The predicted molar refractivity (Wildman–Crippen MR) is 57.1 cm³/mol. The van der Waals surface area contributed by atoms with E-state index < -0.39 is 0 Å². The van der Waals surface area contributed by atoms with Gasteiger partial charge in [-0.3, -0.25) is 4.79 Å². The highest BCUT2D eigenvalue weighted by atomic mass is 16.2. The van der Waals surface area contributed by atoms with Gasteiger partial charge < -0.3 is 16.4 Å². The van der Waals surface area contributed by atoms with Crippen molar-refractivity contribution in [3.05, 3.63) is 23.9 Å². The molecule has 1 aromatic rings. The second-order valence-corrected chi connectivity index (χ2v) is 3.77. The predicted octanol–water partition coefficient (Wildman–Crippen LogP) is -0.163. The maximum atomic E-state index is 11.9. The summed E-state index contributed by atoms with van der Waals surface area (Å²) in [6.07, 6.45) is 2.37. The van der Waals surface area contributed by atoms with Gasteiger partial charge in [0, 0.05) is 25.3 Å².